The Labute approximate surface area is 190 Å². The molecule has 33 heavy (non-hydrogen) atoms. The van der Waals surface area contributed by atoms with Gasteiger partial charge in [-0.2, -0.15) is 0 Å². The van der Waals surface area contributed by atoms with Gasteiger partial charge in [0.1, 0.15) is 12.6 Å². The largest absolute Gasteiger partial charge is 0.459 e. The van der Waals surface area contributed by atoms with Crippen LogP contribution in [0, 0.1) is 0 Å². The highest BCUT2D eigenvalue weighted by atomic mass is 16.5. The summed E-state index contributed by atoms with van der Waals surface area (Å²) in [5.41, 5.74) is 8.87. The first kappa shape index (κ1) is 22.0. The average Bonchev–Trinajstić information content (AvgIpc) is 3.12. The van der Waals surface area contributed by atoms with Gasteiger partial charge in [0.05, 0.1) is 0 Å². The van der Waals surface area contributed by atoms with E-state index in [0.29, 0.717) is 11.1 Å². The quantitative estimate of drug-likeness (QED) is 0.407. The van der Waals surface area contributed by atoms with Crippen LogP contribution in [0.5, 0.6) is 0 Å². The highest BCUT2D eigenvalue weighted by molar-refractivity contribution is 6.22. The van der Waals surface area contributed by atoms with Crippen LogP contribution in [-0.4, -0.2) is 29.6 Å². The Hall–Kier alpha value is -4.26. The van der Waals surface area contributed by atoms with Crippen LogP contribution in [0.25, 0.3) is 11.1 Å². The minimum atomic E-state index is -1.06. The molecule has 166 valence electrons. The molecule has 2 amide bonds. The maximum atomic E-state index is 12.9. The number of benzene rings is 3. The lowest BCUT2D eigenvalue weighted by Gasteiger charge is -2.17. The van der Waals surface area contributed by atoms with Gasteiger partial charge in [0.2, 0.25) is 5.91 Å². The standard InChI is InChI=1S/C26H22N2O5/c27-23(29)13-12-22(26(32)33-15-16-6-2-1-3-7-16)28-25(31)17-10-11-19-18-8-4-5-9-20(18)24(30)21(19)14-17/h1-11,14,22H,12-13,15H2,(H2,27,29)(H,28,31)/t22-/m0/s1. The molecule has 0 saturated heterocycles. The minimum absolute atomic E-state index is 0.00398. The summed E-state index contributed by atoms with van der Waals surface area (Å²) >= 11 is 0. The molecule has 3 aromatic rings. The van der Waals surface area contributed by atoms with E-state index in [-0.39, 0.29) is 30.8 Å². The van der Waals surface area contributed by atoms with Crippen LogP contribution in [0.4, 0.5) is 0 Å². The second kappa shape index (κ2) is 9.48. The molecule has 0 bridgehead atoms. The molecule has 0 aliphatic heterocycles. The van der Waals surface area contributed by atoms with E-state index in [1.165, 1.54) is 6.07 Å². The van der Waals surface area contributed by atoms with E-state index in [4.69, 9.17) is 10.5 Å². The molecule has 0 radical (unpaired) electrons. The van der Waals surface area contributed by atoms with Crippen LogP contribution in [-0.2, 0) is 20.9 Å². The predicted molar refractivity (Wildman–Crippen MR) is 121 cm³/mol. The Balaban J connectivity index is 1.49. The lowest BCUT2D eigenvalue weighted by Crippen LogP contribution is -2.42. The molecule has 7 nitrogen and oxygen atoms in total. The number of hydrogen-bond acceptors (Lipinski definition) is 5. The van der Waals surface area contributed by atoms with Crippen LogP contribution in [0.1, 0.15) is 44.7 Å². The predicted octanol–water partition coefficient (Wildman–Crippen LogP) is 3.01. The number of carbonyl (C=O) groups excluding carboxylic acids is 4. The smallest absolute Gasteiger partial charge is 0.328 e. The number of amides is 2. The van der Waals surface area contributed by atoms with Crippen molar-refractivity contribution in [1.29, 1.82) is 0 Å². The first-order valence-corrected chi connectivity index (χ1v) is 10.5. The number of esters is 1. The van der Waals surface area contributed by atoms with E-state index in [9.17, 15) is 19.2 Å². The fourth-order valence-corrected chi connectivity index (χ4v) is 3.78. The topological polar surface area (TPSA) is 116 Å². The SMILES string of the molecule is NC(=O)CC[C@H](NC(=O)c1ccc2c(c1)C(=O)c1ccccc1-2)C(=O)OCc1ccccc1. The van der Waals surface area contributed by atoms with Gasteiger partial charge in [-0.25, -0.2) is 4.79 Å². The van der Waals surface area contributed by atoms with Gasteiger partial charge in [-0.3, -0.25) is 14.4 Å². The molecule has 0 fully saturated rings. The van der Waals surface area contributed by atoms with E-state index in [1.807, 2.05) is 42.5 Å². The summed E-state index contributed by atoms with van der Waals surface area (Å²) in [6.45, 7) is 0.0359. The Morgan fingerprint density at radius 1 is 0.848 bits per heavy atom. The number of fused-ring (bicyclic) bond motifs is 3. The van der Waals surface area contributed by atoms with Crippen molar-refractivity contribution < 1.29 is 23.9 Å². The molecule has 1 aliphatic rings. The highest BCUT2D eigenvalue weighted by Crippen LogP contribution is 2.36. The molecule has 3 N–H and O–H groups in total. The van der Waals surface area contributed by atoms with Gasteiger partial charge in [-0.05, 0) is 35.2 Å². The van der Waals surface area contributed by atoms with Crippen LogP contribution < -0.4 is 11.1 Å². The lowest BCUT2D eigenvalue weighted by molar-refractivity contribution is -0.147. The maximum Gasteiger partial charge on any atom is 0.328 e. The third-order valence-electron chi connectivity index (χ3n) is 5.48. The zero-order chi connectivity index (χ0) is 23.4. The Bertz CT molecular complexity index is 1240. The number of nitrogens with two attached hydrogens (primary N) is 1. The molecule has 0 aromatic heterocycles. The van der Waals surface area contributed by atoms with Crippen molar-refractivity contribution in [1.82, 2.24) is 5.32 Å². The van der Waals surface area contributed by atoms with Gasteiger partial charge >= 0.3 is 5.97 Å². The fourth-order valence-electron chi connectivity index (χ4n) is 3.78. The minimum Gasteiger partial charge on any atom is -0.459 e. The van der Waals surface area contributed by atoms with Gasteiger partial charge < -0.3 is 15.8 Å². The third-order valence-corrected chi connectivity index (χ3v) is 5.48. The van der Waals surface area contributed by atoms with E-state index in [0.717, 1.165) is 16.7 Å². The summed E-state index contributed by atoms with van der Waals surface area (Å²) in [5.74, 6) is -1.96. The first-order valence-electron chi connectivity index (χ1n) is 10.5. The summed E-state index contributed by atoms with van der Waals surface area (Å²) in [6.07, 6.45) is -0.0899. The monoisotopic (exact) mass is 442 g/mol. The Morgan fingerprint density at radius 3 is 2.24 bits per heavy atom. The summed E-state index contributed by atoms with van der Waals surface area (Å²) in [7, 11) is 0. The molecule has 0 heterocycles. The zero-order valence-electron chi connectivity index (χ0n) is 17.7. The van der Waals surface area contributed by atoms with E-state index >= 15 is 0 Å². The molecule has 0 unspecified atom stereocenters. The molecule has 1 aliphatic carbocycles. The lowest BCUT2D eigenvalue weighted by atomic mass is 10.0. The van der Waals surface area contributed by atoms with E-state index < -0.39 is 23.8 Å². The Morgan fingerprint density at radius 2 is 1.52 bits per heavy atom. The number of primary amides is 1. The van der Waals surface area contributed by atoms with Crippen molar-refractivity contribution >= 4 is 23.6 Å². The number of carbonyl (C=O) groups is 4. The van der Waals surface area contributed by atoms with Gasteiger partial charge in [0.15, 0.2) is 5.78 Å². The molecule has 0 saturated carbocycles. The highest BCUT2D eigenvalue weighted by Gasteiger charge is 2.28. The average molecular weight is 442 g/mol. The molecular formula is C26H22N2O5. The van der Waals surface area contributed by atoms with Crippen molar-refractivity contribution in [3.05, 3.63) is 95.1 Å². The van der Waals surface area contributed by atoms with Crippen LogP contribution in [0.3, 0.4) is 0 Å². The van der Waals surface area contributed by atoms with Gasteiger partial charge in [0, 0.05) is 23.1 Å². The second-order valence-electron chi connectivity index (χ2n) is 7.76. The summed E-state index contributed by atoms with van der Waals surface area (Å²) in [6, 6.07) is 20.2. The van der Waals surface area contributed by atoms with Crippen LogP contribution in [0.15, 0.2) is 72.8 Å². The molecular weight excluding hydrogens is 420 g/mol. The molecule has 1 atom stereocenters. The normalized spacial score (nSPS) is 12.4. The van der Waals surface area contributed by atoms with Crippen molar-refractivity contribution in [2.75, 3.05) is 0 Å². The number of nitrogens with one attached hydrogen (secondary N) is 1. The van der Waals surface area contributed by atoms with Crippen molar-refractivity contribution in [3.63, 3.8) is 0 Å². The van der Waals surface area contributed by atoms with Crippen molar-refractivity contribution in [2.45, 2.75) is 25.5 Å². The summed E-state index contributed by atoms with van der Waals surface area (Å²) in [5, 5.41) is 2.62. The van der Waals surface area contributed by atoms with Crippen LogP contribution in [0.2, 0.25) is 0 Å². The number of rotatable bonds is 8. The van der Waals surface area contributed by atoms with E-state index in [1.54, 1.807) is 24.3 Å². The van der Waals surface area contributed by atoms with Gasteiger partial charge in [0.25, 0.3) is 5.91 Å². The van der Waals surface area contributed by atoms with Gasteiger partial charge in [-0.15, -0.1) is 0 Å². The van der Waals surface area contributed by atoms with Crippen molar-refractivity contribution in [2.24, 2.45) is 5.73 Å². The molecule has 3 aromatic carbocycles. The molecule has 7 heteroatoms. The number of ether oxygens (including phenoxy) is 1. The van der Waals surface area contributed by atoms with Crippen LogP contribution >= 0.6 is 0 Å². The Kier molecular flexibility index (Phi) is 6.31. The number of ketones is 1. The zero-order valence-corrected chi connectivity index (χ0v) is 17.7. The molecule has 0 spiro atoms. The number of hydrogen-bond donors (Lipinski definition) is 2. The molecule has 4 rings (SSSR count). The summed E-state index contributed by atoms with van der Waals surface area (Å²) in [4.78, 5) is 49.5. The maximum absolute atomic E-state index is 12.9. The fraction of sp³-hybridized carbons (Fsp3) is 0.154. The van der Waals surface area contributed by atoms with E-state index in [2.05, 4.69) is 5.32 Å². The second-order valence-corrected chi connectivity index (χ2v) is 7.76. The van der Waals surface area contributed by atoms with Crippen molar-refractivity contribution in [3.8, 4) is 11.1 Å². The summed E-state index contributed by atoms with van der Waals surface area (Å²) < 4.78 is 5.33. The first-order chi connectivity index (χ1) is 15.9. The third kappa shape index (κ3) is 4.82. The van der Waals surface area contributed by atoms with Gasteiger partial charge in [-0.1, -0.05) is 60.7 Å².